The van der Waals surface area contributed by atoms with Gasteiger partial charge in [0, 0.05) is 13.1 Å². The molecule has 8 heteroatoms. The number of carbonyl (C=O) groups is 1. The first-order valence-electron chi connectivity index (χ1n) is 6.72. The highest BCUT2D eigenvalue weighted by atomic mass is 35.5. The average Bonchev–Trinajstić information content (AvgIpc) is 2.82. The Morgan fingerprint density at radius 3 is 2.80 bits per heavy atom. The fourth-order valence-electron chi connectivity index (χ4n) is 2.53. The lowest BCUT2D eigenvalue weighted by Gasteiger charge is -2.32. The Bertz CT molecular complexity index is 343. The van der Waals surface area contributed by atoms with E-state index in [1.807, 2.05) is 7.05 Å². The minimum atomic E-state index is -0.392. The molecule has 2 saturated heterocycles. The Balaban J connectivity index is 1.81. The van der Waals surface area contributed by atoms with E-state index in [0.29, 0.717) is 5.92 Å². The Labute approximate surface area is 134 Å². The third kappa shape index (κ3) is 4.15. The molecule has 0 radical (unpaired) electrons. The minimum absolute atomic E-state index is 0.0373. The zero-order valence-electron chi connectivity index (χ0n) is 11.6. The first kappa shape index (κ1) is 16.6. The molecule has 2 aliphatic rings. The number of esters is 1. The number of thioether (sulfide) groups is 1. The normalized spacial score (nSPS) is 38.1. The van der Waals surface area contributed by atoms with E-state index in [2.05, 4.69) is 15.5 Å². The van der Waals surface area contributed by atoms with Crippen molar-refractivity contribution >= 4 is 40.9 Å². The van der Waals surface area contributed by atoms with Gasteiger partial charge in [-0.15, -0.1) is 35.0 Å². The maximum Gasteiger partial charge on any atom is 0.321 e. The standard InChI is InChI=1S/C12H21Cl2N3O2S/c1-17(6-7-3-4-8(13)15-5-7)12-16-10(14)9(20-12)11(18)19-2/h7-10,12,15-16H,3-6H2,1-2H3. The summed E-state index contributed by atoms with van der Waals surface area (Å²) in [6.45, 7) is 1.87. The molecule has 20 heavy (non-hydrogen) atoms. The second-order valence-electron chi connectivity index (χ2n) is 5.26. The second kappa shape index (κ2) is 7.51. The van der Waals surface area contributed by atoms with Crippen LogP contribution in [0.5, 0.6) is 0 Å². The number of nitrogens with one attached hydrogen (secondary N) is 2. The van der Waals surface area contributed by atoms with Gasteiger partial charge in [-0.1, -0.05) is 0 Å². The van der Waals surface area contributed by atoms with E-state index in [0.717, 1.165) is 25.9 Å². The van der Waals surface area contributed by atoms with Crippen molar-refractivity contribution in [3.8, 4) is 0 Å². The van der Waals surface area contributed by atoms with Gasteiger partial charge in [-0.2, -0.15) is 0 Å². The number of nitrogens with zero attached hydrogens (tertiary/aromatic N) is 1. The predicted molar refractivity (Wildman–Crippen MR) is 83.0 cm³/mol. The van der Waals surface area contributed by atoms with Crippen molar-refractivity contribution in [1.82, 2.24) is 15.5 Å². The number of alkyl halides is 2. The summed E-state index contributed by atoms with van der Waals surface area (Å²) in [6, 6.07) is 0. The van der Waals surface area contributed by atoms with Gasteiger partial charge >= 0.3 is 5.97 Å². The van der Waals surface area contributed by atoms with Crippen LogP contribution in [0, 0.1) is 5.92 Å². The van der Waals surface area contributed by atoms with Crippen LogP contribution in [-0.4, -0.2) is 59.9 Å². The van der Waals surface area contributed by atoms with Crippen molar-refractivity contribution in [2.24, 2.45) is 5.92 Å². The number of methoxy groups -OCH3 is 1. The topological polar surface area (TPSA) is 53.6 Å². The zero-order chi connectivity index (χ0) is 14.7. The van der Waals surface area contributed by atoms with Crippen LogP contribution in [0.15, 0.2) is 0 Å². The number of ether oxygens (including phenoxy) is 1. The Morgan fingerprint density at radius 2 is 2.20 bits per heavy atom. The molecule has 0 aromatic carbocycles. The van der Waals surface area contributed by atoms with Gasteiger partial charge in [0.05, 0.1) is 12.6 Å². The smallest absolute Gasteiger partial charge is 0.321 e. The molecular formula is C12H21Cl2N3O2S. The van der Waals surface area contributed by atoms with Crippen molar-refractivity contribution in [2.45, 2.75) is 34.6 Å². The monoisotopic (exact) mass is 341 g/mol. The molecule has 5 unspecified atom stereocenters. The predicted octanol–water partition coefficient (Wildman–Crippen LogP) is 1.21. The van der Waals surface area contributed by atoms with Crippen LogP contribution in [0.1, 0.15) is 12.8 Å². The highest BCUT2D eigenvalue weighted by Crippen LogP contribution is 2.32. The lowest BCUT2D eigenvalue weighted by Crippen LogP contribution is -2.45. The summed E-state index contributed by atoms with van der Waals surface area (Å²) >= 11 is 13.7. The molecule has 2 fully saturated rings. The number of piperidine rings is 1. The molecule has 0 spiro atoms. The highest BCUT2D eigenvalue weighted by Gasteiger charge is 2.40. The van der Waals surface area contributed by atoms with Crippen LogP contribution in [-0.2, 0) is 9.53 Å². The second-order valence-corrected chi connectivity index (χ2v) is 7.48. The van der Waals surface area contributed by atoms with Crippen LogP contribution in [0.25, 0.3) is 0 Å². The van der Waals surface area contributed by atoms with Crippen molar-refractivity contribution in [3.05, 3.63) is 0 Å². The van der Waals surface area contributed by atoms with Gasteiger partial charge in [0.15, 0.2) is 0 Å². The zero-order valence-corrected chi connectivity index (χ0v) is 14.0. The third-order valence-corrected chi connectivity index (χ3v) is 6.09. The number of hydrogen-bond acceptors (Lipinski definition) is 6. The van der Waals surface area contributed by atoms with Crippen molar-refractivity contribution in [3.63, 3.8) is 0 Å². The number of hydrogen-bond donors (Lipinski definition) is 2. The first-order chi connectivity index (χ1) is 9.51. The SMILES string of the molecule is COC(=O)C1SC(N(C)CC2CCC(Cl)NC2)NC1Cl. The van der Waals surface area contributed by atoms with E-state index in [4.69, 9.17) is 27.9 Å². The molecule has 2 heterocycles. The molecular weight excluding hydrogens is 321 g/mol. The van der Waals surface area contributed by atoms with E-state index in [-0.39, 0.29) is 22.2 Å². The van der Waals surface area contributed by atoms with Gasteiger partial charge in [-0.05, 0) is 25.8 Å². The largest absolute Gasteiger partial charge is 0.468 e. The summed E-state index contributed by atoms with van der Waals surface area (Å²) in [6.07, 6.45) is 2.11. The maximum absolute atomic E-state index is 11.6. The molecule has 0 bridgehead atoms. The molecule has 2 N–H and O–H groups in total. The average molecular weight is 342 g/mol. The van der Waals surface area contributed by atoms with E-state index in [9.17, 15) is 4.79 Å². The third-order valence-electron chi connectivity index (χ3n) is 3.68. The molecule has 116 valence electrons. The van der Waals surface area contributed by atoms with Gasteiger partial charge in [0.2, 0.25) is 0 Å². The van der Waals surface area contributed by atoms with Crippen LogP contribution < -0.4 is 10.6 Å². The Kier molecular flexibility index (Phi) is 6.25. The van der Waals surface area contributed by atoms with Gasteiger partial charge in [-0.3, -0.25) is 15.0 Å². The highest BCUT2D eigenvalue weighted by molar-refractivity contribution is 8.01. The Hall–Kier alpha value is 0.280. The van der Waals surface area contributed by atoms with Crippen LogP contribution in [0.4, 0.5) is 0 Å². The van der Waals surface area contributed by atoms with Crippen LogP contribution >= 0.6 is 35.0 Å². The quantitative estimate of drug-likeness (QED) is 0.455. The van der Waals surface area contributed by atoms with Crippen molar-refractivity contribution in [2.75, 3.05) is 27.2 Å². The molecule has 0 aromatic rings. The first-order valence-corrected chi connectivity index (χ1v) is 8.54. The molecule has 0 saturated carbocycles. The van der Waals surface area contributed by atoms with Gasteiger partial charge in [-0.25, -0.2) is 0 Å². The molecule has 5 nitrogen and oxygen atoms in total. The summed E-state index contributed by atoms with van der Waals surface area (Å²) in [4.78, 5) is 13.8. The van der Waals surface area contributed by atoms with Crippen LogP contribution in [0.3, 0.4) is 0 Å². The van der Waals surface area contributed by atoms with Gasteiger partial charge in [0.1, 0.15) is 16.2 Å². The van der Waals surface area contributed by atoms with E-state index in [1.165, 1.54) is 18.9 Å². The van der Waals surface area contributed by atoms with Gasteiger partial charge < -0.3 is 10.1 Å². The van der Waals surface area contributed by atoms with E-state index < -0.39 is 5.50 Å². The summed E-state index contributed by atoms with van der Waals surface area (Å²) < 4.78 is 4.77. The summed E-state index contributed by atoms with van der Waals surface area (Å²) in [5, 5.41) is 6.15. The number of rotatable bonds is 4. The van der Waals surface area contributed by atoms with Crippen molar-refractivity contribution in [1.29, 1.82) is 0 Å². The Morgan fingerprint density at radius 1 is 1.45 bits per heavy atom. The summed E-state index contributed by atoms with van der Waals surface area (Å²) in [7, 11) is 3.43. The lowest BCUT2D eigenvalue weighted by atomic mass is 9.99. The van der Waals surface area contributed by atoms with E-state index in [1.54, 1.807) is 0 Å². The molecule has 0 aliphatic carbocycles. The summed E-state index contributed by atoms with van der Waals surface area (Å²) in [5.74, 6) is 0.297. The number of carbonyl (C=O) groups excluding carboxylic acids is 1. The van der Waals surface area contributed by atoms with Crippen molar-refractivity contribution < 1.29 is 9.53 Å². The maximum atomic E-state index is 11.6. The van der Waals surface area contributed by atoms with Gasteiger partial charge in [0.25, 0.3) is 0 Å². The van der Waals surface area contributed by atoms with Crippen LogP contribution in [0.2, 0.25) is 0 Å². The lowest BCUT2D eigenvalue weighted by molar-refractivity contribution is -0.139. The summed E-state index contributed by atoms with van der Waals surface area (Å²) in [5.41, 5.74) is -0.251. The van der Waals surface area contributed by atoms with E-state index >= 15 is 0 Å². The number of halogens is 2. The molecule has 2 aliphatic heterocycles. The molecule has 5 atom stereocenters. The molecule has 2 rings (SSSR count). The minimum Gasteiger partial charge on any atom is -0.468 e. The fourth-order valence-corrected chi connectivity index (χ4v) is 4.44. The molecule has 0 amide bonds. The fraction of sp³-hybridized carbons (Fsp3) is 0.917. The molecule has 0 aromatic heterocycles.